The summed E-state index contributed by atoms with van der Waals surface area (Å²) in [5.74, 6) is 0. The highest BCUT2D eigenvalue weighted by molar-refractivity contribution is 5.52. The fourth-order valence-corrected chi connectivity index (χ4v) is 1.85. The third-order valence-corrected chi connectivity index (χ3v) is 3.29. The van der Waals surface area contributed by atoms with E-state index in [1.165, 1.54) is 0 Å². The molecule has 0 aliphatic rings. The third-order valence-electron chi connectivity index (χ3n) is 3.29. The maximum absolute atomic E-state index is 10.2. The minimum atomic E-state index is -0.541. The minimum Gasteiger partial charge on any atom is -0.388 e. The summed E-state index contributed by atoms with van der Waals surface area (Å²) in [7, 11) is 1.69. The quantitative estimate of drug-likeness (QED) is 0.880. The molecule has 18 heavy (non-hydrogen) atoms. The number of ether oxygens (including phenoxy) is 1. The van der Waals surface area contributed by atoms with Crippen molar-refractivity contribution in [2.45, 2.75) is 38.4 Å². The Kier molecular flexibility index (Phi) is 3.63. The van der Waals surface area contributed by atoms with Crippen molar-refractivity contribution in [2.24, 2.45) is 0 Å². The summed E-state index contributed by atoms with van der Waals surface area (Å²) < 4.78 is 7.06. The number of hydrogen-bond donors (Lipinski definition) is 1. The van der Waals surface area contributed by atoms with Gasteiger partial charge in [-0.15, -0.1) is 0 Å². The van der Waals surface area contributed by atoms with Crippen LogP contribution < -0.4 is 0 Å². The SMILES string of the molecule is COC(C)(C)CCC(O)c1cnn2ccncc12. The number of rotatable bonds is 5. The van der Waals surface area contributed by atoms with Crippen LogP contribution in [0.15, 0.2) is 24.8 Å². The van der Waals surface area contributed by atoms with E-state index in [1.807, 2.05) is 13.8 Å². The molecule has 98 valence electrons. The molecule has 1 N–H and O–H groups in total. The van der Waals surface area contributed by atoms with Crippen molar-refractivity contribution in [1.82, 2.24) is 14.6 Å². The van der Waals surface area contributed by atoms with Gasteiger partial charge in [0.1, 0.15) is 0 Å². The molecule has 0 saturated heterocycles. The Labute approximate surface area is 106 Å². The van der Waals surface area contributed by atoms with Crippen molar-refractivity contribution < 1.29 is 9.84 Å². The first-order valence-electron chi connectivity index (χ1n) is 6.04. The molecule has 2 rings (SSSR count). The van der Waals surface area contributed by atoms with E-state index in [0.717, 1.165) is 17.5 Å². The number of methoxy groups -OCH3 is 1. The highest BCUT2D eigenvalue weighted by atomic mass is 16.5. The van der Waals surface area contributed by atoms with E-state index >= 15 is 0 Å². The van der Waals surface area contributed by atoms with Gasteiger partial charge in [0, 0.05) is 25.1 Å². The molecule has 0 amide bonds. The van der Waals surface area contributed by atoms with E-state index in [-0.39, 0.29) is 5.60 Å². The molecule has 1 unspecified atom stereocenters. The lowest BCUT2D eigenvalue weighted by molar-refractivity contribution is 0.00290. The molecule has 0 aliphatic carbocycles. The van der Waals surface area contributed by atoms with Gasteiger partial charge in [-0.25, -0.2) is 4.52 Å². The van der Waals surface area contributed by atoms with Gasteiger partial charge in [-0.05, 0) is 26.7 Å². The molecule has 0 saturated carbocycles. The van der Waals surface area contributed by atoms with E-state index < -0.39 is 6.10 Å². The van der Waals surface area contributed by atoms with Crippen molar-refractivity contribution in [3.05, 3.63) is 30.4 Å². The van der Waals surface area contributed by atoms with Gasteiger partial charge < -0.3 is 9.84 Å². The van der Waals surface area contributed by atoms with Crippen LogP contribution in [0.1, 0.15) is 38.4 Å². The predicted molar refractivity (Wildman–Crippen MR) is 68.3 cm³/mol. The molecule has 2 aromatic rings. The lowest BCUT2D eigenvalue weighted by Gasteiger charge is -2.23. The van der Waals surface area contributed by atoms with Crippen LogP contribution in [-0.2, 0) is 4.74 Å². The summed E-state index contributed by atoms with van der Waals surface area (Å²) in [5.41, 5.74) is 1.44. The lowest BCUT2D eigenvalue weighted by Crippen LogP contribution is -2.23. The molecule has 5 nitrogen and oxygen atoms in total. The molecular formula is C13H19N3O2. The number of hydrogen-bond acceptors (Lipinski definition) is 4. The molecule has 0 radical (unpaired) electrons. The minimum absolute atomic E-state index is 0.220. The van der Waals surface area contributed by atoms with Crippen LogP contribution in [-0.4, -0.2) is 32.4 Å². The first kappa shape index (κ1) is 13.0. The van der Waals surface area contributed by atoms with Crippen molar-refractivity contribution in [3.8, 4) is 0 Å². The van der Waals surface area contributed by atoms with E-state index in [0.29, 0.717) is 6.42 Å². The Morgan fingerprint density at radius 1 is 1.44 bits per heavy atom. The fraction of sp³-hybridized carbons (Fsp3) is 0.538. The first-order chi connectivity index (χ1) is 8.53. The second-order valence-electron chi connectivity index (χ2n) is 5.02. The molecule has 0 aromatic carbocycles. The number of aromatic nitrogens is 3. The normalized spacial score (nSPS) is 14.0. The second-order valence-corrected chi connectivity index (χ2v) is 5.02. The van der Waals surface area contributed by atoms with E-state index in [9.17, 15) is 5.11 Å². The monoisotopic (exact) mass is 249 g/mol. The number of nitrogens with zero attached hydrogens (tertiary/aromatic N) is 3. The second kappa shape index (κ2) is 5.04. The van der Waals surface area contributed by atoms with Crippen molar-refractivity contribution in [3.63, 3.8) is 0 Å². The Morgan fingerprint density at radius 3 is 2.94 bits per heavy atom. The summed E-state index contributed by atoms with van der Waals surface area (Å²) in [6.45, 7) is 4.02. The van der Waals surface area contributed by atoms with Crippen LogP contribution in [0.5, 0.6) is 0 Å². The standard InChI is InChI=1S/C13H19N3O2/c1-13(2,18-3)5-4-12(17)10-8-15-16-7-6-14-9-11(10)16/h6-9,12,17H,4-5H2,1-3H3. The topological polar surface area (TPSA) is 59.7 Å². The fourth-order valence-electron chi connectivity index (χ4n) is 1.85. The zero-order valence-corrected chi connectivity index (χ0v) is 11.0. The first-order valence-corrected chi connectivity index (χ1v) is 6.04. The maximum atomic E-state index is 10.2. The van der Waals surface area contributed by atoms with Crippen molar-refractivity contribution in [2.75, 3.05) is 7.11 Å². The predicted octanol–water partition coefficient (Wildman–Crippen LogP) is 1.97. The van der Waals surface area contributed by atoms with Crippen LogP contribution in [0.4, 0.5) is 0 Å². The zero-order valence-electron chi connectivity index (χ0n) is 11.0. The van der Waals surface area contributed by atoms with Crippen LogP contribution in [0.3, 0.4) is 0 Å². The summed E-state index contributed by atoms with van der Waals surface area (Å²) >= 11 is 0. The Bertz CT molecular complexity index is 522. The Balaban J connectivity index is 2.12. The smallest absolute Gasteiger partial charge is 0.0902 e. The highest BCUT2D eigenvalue weighted by Gasteiger charge is 2.20. The van der Waals surface area contributed by atoms with E-state index in [2.05, 4.69) is 10.1 Å². The average molecular weight is 249 g/mol. The molecule has 0 bridgehead atoms. The van der Waals surface area contributed by atoms with Gasteiger partial charge in [-0.1, -0.05) is 0 Å². The molecular weight excluding hydrogens is 230 g/mol. The summed E-state index contributed by atoms with van der Waals surface area (Å²) in [6.07, 6.45) is 7.73. The van der Waals surface area contributed by atoms with Gasteiger partial charge in [-0.3, -0.25) is 4.98 Å². The van der Waals surface area contributed by atoms with Crippen LogP contribution in [0.2, 0.25) is 0 Å². The lowest BCUT2D eigenvalue weighted by atomic mass is 9.97. The highest BCUT2D eigenvalue weighted by Crippen LogP contribution is 2.26. The average Bonchev–Trinajstić information content (AvgIpc) is 2.80. The molecule has 5 heteroatoms. The van der Waals surface area contributed by atoms with Crippen molar-refractivity contribution in [1.29, 1.82) is 0 Å². The molecule has 0 aliphatic heterocycles. The van der Waals surface area contributed by atoms with E-state index in [4.69, 9.17) is 4.74 Å². The van der Waals surface area contributed by atoms with Crippen LogP contribution in [0.25, 0.3) is 5.52 Å². The molecule has 0 spiro atoms. The van der Waals surface area contributed by atoms with Gasteiger partial charge in [0.05, 0.1) is 29.6 Å². The number of fused-ring (bicyclic) bond motifs is 1. The maximum Gasteiger partial charge on any atom is 0.0902 e. The van der Waals surface area contributed by atoms with Gasteiger partial charge >= 0.3 is 0 Å². The summed E-state index contributed by atoms with van der Waals surface area (Å²) in [4.78, 5) is 4.06. The van der Waals surface area contributed by atoms with E-state index in [1.54, 1.807) is 36.4 Å². The summed E-state index contributed by atoms with van der Waals surface area (Å²) in [5, 5.41) is 14.4. The Hall–Kier alpha value is -1.46. The van der Waals surface area contributed by atoms with Gasteiger partial charge in [-0.2, -0.15) is 5.10 Å². The number of aliphatic hydroxyl groups excluding tert-OH is 1. The third kappa shape index (κ3) is 2.68. The molecule has 1 atom stereocenters. The van der Waals surface area contributed by atoms with Crippen LogP contribution >= 0.6 is 0 Å². The zero-order chi connectivity index (χ0) is 13.2. The summed E-state index contributed by atoms with van der Waals surface area (Å²) in [6, 6.07) is 0. The van der Waals surface area contributed by atoms with Gasteiger partial charge in [0.2, 0.25) is 0 Å². The Morgan fingerprint density at radius 2 is 2.22 bits per heavy atom. The van der Waals surface area contributed by atoms with Gasteiger partial charge in [0.15, 0.2) is 0 Å². The molecule has 0 fully saturated rings. The molecule has 2 aromatic heterocycles. The molecule has 2 heterocycles. The van der Waals surface area contributed by atoms with Gasteiger partial charge in [0.25, 0.3) is 0 Å². The largest absolute Gasteiger partial charge is 0.388 e. The van der Waals surface area contributed by atoms with Crippen molar-refractivity contribution >= 4 is 5.52 Å². The number of aliphatic hydroxyl groups is 1. The van der Waals surface area contributed by atoms with Crippen LogP contribution in [0, 0.1) is 0 Å².